The number of ketones is 1. The van der Waals surface area contributed by atoms with E-state index in [-0.39, 0.29) is 56.6 Å². The van der Waals surface area contributed by atoms with Gasteiger partial charge in [0.15, 0.2) is 24.3 Å². The van der Waals surface area contributed by atoms with Crippen molar-refractivity contribution in [2.45, 2.75) is 73.5 Å². The van der Waals surface area contributed by atoms with Crippen molar-refractivity contribution in [1.29, 1.82) is 0 Å². The van der Waals surface area contributed by atoms with Crippen LogP contribution in [0.4, 0.5) is 11.4 Å². The SMILES string of the molecule is C=C.C=C.C=C.C=C.C=C.C=C.C=C.C=C.C=C.CO/C=C\OOOOOOOOOOCC[N+]1=C(C=CC=C2N(CCOCCOCCOCCOCCOCCOCCOCCOCCOCCOCCOCCOCCOCCOCCOCCOCCOCCOCCOCCOCCOCCOCCOCCOC)c3ccc(S(=O)(=O)[O-])cc3C2(C)CCCCCC(=O)CO)C(C)(C)c2cc(S(=O)(=O)O)ccc21. The number of carbonyl (C=O) groups is 1. The number of aliphatic hydroxyl groups is 1. The predicted octanol–water partition coefficient (Wildman–Crippen LogP) is 11.7. The molecule has 2 aromatic rings. The maximum atomic E-state index is 12.5. The number of benzene rings is 2. The van der Waals surface area contributed by atoms with E-state index in [9.17, 15) is 35.8 Å². The van der Waals surface area contributed by atoms with Crippen LogP contribution in [0.3, 0.4) is 0 Å². The zero-order valence-electron chi connectivity index (χ0n) is 88.5. The maximum absolute atomic E-state index is 12.5. The van der Waals surface area contributed by atoms with Gasteiger partial charge in [0.25, 0.3) is 10.1 Å². The third-order valence-electron chi connectivity index (χ3n) is 18.5. The number of methoxy groups -OCH3 is 2. The molecule has 2 aliphatic heterocycles. The zero-order valence-corrected chi connectivity index (χ0v) is 90.2. The molecule has 0 amide bonds. The molecule has 0 fully saturated rings. The molecule has 1 atom stereocenters. The van der Waals surface area contributed by atoms with Gasteiger partial charge in [0.05, 0.1) is 333 Å². The lowest BCUT2D eigenvalue weighted by molar-refractivity contribution is -0.843. The zero-order chi connectivity index (χ0) is 111. The third-order valence-corrected chi connectivity index (χ3v) is 20.2. The number of rotatable bonds is 97. The summed E-state index contributed by atoms with van der Waals surface area (Å²) >= 11 is 0. The largest absolute Gasteiger partial charge is 0.744 e. The summed E-state index contributed by atoms with van der Waals surface area (Å²) in [4.78, 5) is 22.7. The van der Waals surface area contributed by atoms with Crippen molar-refractivity contribution in [3.8, 4) is 0 Å². The maximum Gasteiger partial charge on any atom is 0.294 e. The van der Waals surface area contributed by atoms with Crippen molar-refractivity contribution in [1.82, 2.24) is 0 Å². The van der Waals surface area contributed by atoms with Crippen molar-refractivity contribution >= 4 is 43.1 Å². The first-order valence-electron chi connectivity index (χ1n) is 47.7. The Kier molecular flexibility index (Phi) is 119. The Bertz CT molecular complexity index is 3610. The summed E-state index contributed by atoms with van der Waals surface area (Å²) in [5.41, 5.74) is 1.83. The highest BCUT2D eigenvalue weighted by molar-refractivity contribution is 7.86. The fraction of sp³-hybridized carbons (Fsp3) is 0.624. The molecule has 148 heavy (non-hydrogen) atoms. The molecule has 0 saturated carbocycles. The van der Waals surface area contributed by atoms with E-state index in [1.165, 1.54) is 37.4 Å². The first-order valence-corrected chi connectivity index (χ1v) is 50.6. The van der Waals surface area contributed by atoms with Crippen molar-refractivity contribution in [2.75, 3.05) is 356 Å². The van der Waals surface area contributed by atoms with E-state index in [1.54, 1.807) is 19.3 Å². The van der Waals surface area contributed by atoms with Crippen LogP contribution in [0.15, 0.2) is 201 Å². The summed E-state index contributed by atoms with van der Waals surface area (Å²) in [5.74, 6) is -0.290. The van der Waals surface area contributed by atoms with Crippen molar-refractivity contribution in [3.63, 3.8) is 0 Å². The number of Topliss-reactive ketones (excluding diaryl/α,β-unsaturated/α-hetero) is 1. The second-order valence-electron chi connectivity index (χ2n) is 28.1. The molecule has 860 valence electrons. The molecule has 2 N–H and O–H groups in total. The highest BCUT2D eigenvalue weighted by atomic mass is 32.2. The topological polar surface area (TPSA) is 478 Å². The summed E-state index contributed by atoms with van der Waals surface area (Å²) in [5, 5.41) is 42.2. The number of fused-ring (bicyclic) bond motifs is 2. The van der Waals surface area contributed by atoms with Gasteiger partial charge in [-0.15, -0.1) is 118 Å². The highest BCUT2D eigenvalue weighted by Gasteiger charge is 2.46. The van der Waals surface area contributed by atoms with E-state index in [2.05, 4.69) is 168 Å². The number of carbonyl (C=O) groups excluding carboxylic acids is 1. The smallest absolute Gasteiger partial charge is 0.294 e. The lowest BCUT2D eigenvalue weighted by Gasteiger charge is -2.30. The molecule has 4 rings (SSSR count). The molecule has 2 heterocycles. The normalized spacial score (nSPS) is 13.3. The van der Waals surface area contributed by atoms with Gasteiger partial charge in [-0.3, -0.25) is 9.35 Å². The quantitative estimate of drug-likeness (QED) is 0.0118. The van der Waals surface area contributed by atoms with E-state index in [0.717, 1.165) is 18.2 Å². The summed E-state index contributed by atoms with van der Waals surface area (Å²) in [7, 11) is -6.51. The van der Waals surface area contributed by atoms with Gasteiger partial charge in [-0.1, -0.05) is 18.9 Å². The third kappa shape index (κ3) is 84.1. The number of unbranched alkanes of at least 4 members (excludes halogenated alkanes) is 2. The minimum atomic E-state index is -4.89. The summed E-state index contributed by atoms with van der Waals surface area (Å²) in [6.07, 6.45) is 9.84. The number of aliphatic hydroxyl groups excluding tert-OH is 1. The Morgan fingerprint density at radius 2 is 0.669 bits per heavy atom. The van der Waals surface area contributed by atoms with Crippen LogP contribution in [-0.4, -0.2) is 398 Å². The van der Waals surface area contributed by atoms with Crippen LogP contribution >= 0.6 is 0 Å². The average molecular weight is 2170 g/mol. The summed E-state index contributed by atoms with van der Waals surface area (Å²) < 4.78 is 212. The Morgan fingerprint density at radius 3 is 0.973 bits per heavy atom. The molecule has 0 aliphatic carbocycles. The standard InChI is InChI=1S/C83H140N2O43S2.9C2H4/c1-82(2)76-70-74(129(88,89)90)13-15-78(76)84(19-21-119-121-123-125-127-128-126-124-122-120-69-23-95-5)80(82)11-9-12-81-83(3,17-8-6-7-10-73(87)72-86)77-71-75(130(91,92)93)14-16-79(77)85(81)18-20-96-25-26-98-29-30-100-33-34-102-37-38-104-41-42-106-45-46-108-49-50-110-53-54-112-57-58-114-61-62-116-65-66-118-68-67-117-64-63-115-60-59-113-56-55-111-52-51-109-48-47-107-44-43-105-40-39-103-36-35-101-32-31-99-28-27-97-24-22-94-4;9*1-2/h9,11-16,23,69-71,86H,6-8,10,17-22,24-68,72H2,1-5H3,(H-,88,89,90,91,92,93);9*1-2H2/b69-23-;;;;;;;;;. The molecule has 0 spiro atoms. The molecule has 0 saturated heterocycles. The lowest BCUT2D eigenvalue weighted by atomic mass is 9.77. The van der Waals surface area contributed by atoms with Crippen LogP contribution in [0.5, 0.6) is 0 Å². The molecule has 0 bridgehead atoms. The number of hydrogen-bond donors (Lipinski definition) is 2. The minimum Gasteiger partial charge on any atom is -0.744 e. The Morgan fingerprint density at radius 1 is 0.372 bits per heavy atom. The van der Waals surface area contributed by atoms with Gasteiger partial charge >= 0.3 is 0 Å². The van der Waals surface area contributed by atoms with E-state index >= 15 is 0 Å². The van der Waals surface area contributed by atoms with Crippen molar-refractivity contribution in [3.05, 3.63) is 202 Å². The van der Waals surface area contributed by atoms with Crippen LogP contribution in [0, 0.1) is 0 Å². The van der Waals surface area contributed by atoms with E-state index in [4.69, 9.17) is 119 Å². The van der Waals surface area contributed by atoms with Gasteiger partial charge < -0.3 is 138 Å². The number of anilines is 1. The predicted molar refractivity (Wildman–Crippen MR) is 554 cm³/mol. The second-order valence-corrected chi connectivity index (χ2v) is 31.0. The summed E-state index contributed by atoms with van der Waals surface area (Å²) in [6.45, 7) is 79.9. The van der Waals surface area contributed by atoms with Crippen LogP contribution in [0.1, 0.15) is 64.0 Å². The van der Waals surface area contributed by atoms with Gasteiger partial charge in [-0.2, -0.15) is 17.9 Å². The number of allylic oxidation sites excluding steroid dienone is 4. The number of nitrogens with zero attached hydrogens (tertiary/aromatic N) is 2. The second kappa shape index (κ2) is 117. The van der Waals surface area contributed by atoms with Gasteiger partial charge in [-0.25, -0.2) is 8.42 Å². The Labute approximate surface area is 879 Å². The van der Waals surface area contributed by atoms with E-state index < -0.39 is 42.6 Å². The molecule has 45 nitrogen and oxygen atoms in total. The lowest BCUT2D eigenvalue weighted by Crippen LogP contribution is -2.31. The monoisotopic (exact) mass is 2170 g/mol. The van der Waals surface area contributed by atoms with E-state index in [0.29, 0.717) is 345 Å². The van der Waals surface area contributed by atoms with Gasteiger partial charge in [-0.05, 0) is 95.7 Å². The fourth-order valence-electron chi connectivity index (χ4n) is 12.1. The minimum absolute atomic E-state index is 0.0545. The molecule has 47 heteroatoms. The average Bonchev–Trinajstić information content (AvgIpc) is 1.58. The van der Waals surface area contributed by atoms with Crippen LogP contribution in [0.2, 0.25) is 0 Å². The Hall–Kier alpha value is -7.48. The van der Waals surface area contributed by atoms with Gasteiger partial charge in [0.1, 0.15) is 29.6 Å². The number of hydrogen-bond acceptors (Lipinski definition) is 43. The van der Waals surface area contributed by atoms with Crippen LogP contribution < -0.4 is 4.90 Å². The molecule has 0 radical (unpaired) electrons. The fourth-order valence-corrected chi connectivity index (χ4v) is 13.1. The number of ether oxygens (including phenoxy) is 25. The molecular weight excluding hydrogens is 1990 g/mol. The van der Waals surface area contributed by atoms with Crippen molar-refractivity contribution < 1.29 is 209 Å². The first-order chi connectivity index (χ1) is 72.5. The van der Waals surface area contributed by atoms with E-state index in [1.807, 2.05) is 42.4 Å². The van der Waals surface area contributed by atoms with Crippen molar-refractivity contribution in [2.24, 2.45) is 0 Å². The molecule has 2 aliphatic rings. The molecule has 0 aromatic heterocycles. The first kappa shape index (κ1) is 151. The Balaban J connectivity index is -0.00000264. The highest BCUT2D eigenvalue weighted by Crippen LogP contribution is 2.52. The summed E-state index contributed by atoms with van der Waals surface area (Å²) in [6, 6.07) is 8.43. The molecular formula is C101H176N2O43S2. The molecule has 1 unspecified atom stereocenters. The molecule has 2 aromatic carbocycles. The van der Waals surface area contributed by atoms with Gasteiger partial charge in [0, 0.05) is 74.7 Å². The van der Waals surface area contributed by atoms with Crippen LogP contribution in [0.25, 0.3) is 0 Å². The van der Waals surface area contributed by atoms with Gasteiger partial charge in [0.2, 0.25) is 5.69 Å². The van der Waals surface area contributed by atoms with Crippen LogP contribution in [-0.2, 0) is 204 Å².